The van der Waals surface area contributed by atoms with Gasteiger partial charge in [-0.05, 0) is 19.9 Å². The molecule has 0 radical (unpaired) electrons. The topological polar surface area (TPSA) is 58.6 Å². The molecule has 6 heteroatoms. The first kappa shape index (κ1) is 13.7. The Morgan fingerprint density at radius 1 is 1.26 bits per heavy atom. The molecule has 0 unspecified atom stereocenters. The van der Waals surface area contributed by atoms with Crippen molar-refractivity contribution in [3.8, 4) is 0 Å². The Hall–Kier alpha value is -1.69. The van der Waals surface area contributed by atoms with Crippen molar-refractivity contribution >= 4 is 11.9 Å². The molecule has 1 aromatic heterocycles. The van der Waals surface area contributed by atoms with Gasteiger partial charge in [-0.25, -0.2) is 9.97 Å². The fourth-order valence-corrected chi connectivity index (χ4v) is 1.94. The minimum atomic E-state index is 0.0577. The lowest BCUT2D eigenvalue weighted by Crippen LogP contribution is -2.50. The van der Waals surface area contributed by atoms with E-state index in [1.165, 1.54) is 0 Å². The van der Waals surface area contributed by atoms with Crippen molar-refractivity contribution in [1.82, 2.24) is 14.9 Å². The zero-order valence-electron chi connectivity index (χ0n) is 11.5. The lowest BCUT2D eigenvalue weighted by atomic mass is 10.3. The average molecular weight is 264 g/mol. The van der Waals surface area contributed by atoms with Crippen LogP contribution in [0.3, 0.4) is 0 Å². The van der Waals surface area contributed by atoms with Crippen LogP contribution in [-0.2, 0) is 9.53 Å². The van der Waals surface area contributed by atoms with Gasteiger partial charge in [-0.15, -0.1) is 0 Å². The third-order valence-corrected chi connectivity index (χ3v) is 3.01. The molecule has 1 aliphatic rings. The molecule has 0 bridgehead atoms. The highest BCUT2D eigenvalue weighted by Gasteiger charge is 2.22. The minimum absolute atomic E-state index is 0.0577. The van der Waals surface area contributed by atoms with Crippen LogP contribution in [0.25, 0.3) is 0 Å². The van der Waals surface area contributed by atoms with Crippen molar-refractivity contribution in [3.63, 3.8) is 0 Å². The summed E-state index contributed by atoms with van der Waals surface area (Å²) in [6, 6.07) is 1.80. The number of nitrogens with zero attached hydrogens (tertiary/aromatic N) is 4. The predicted molar refractivity (Wildman–Crippen MR) is 71.9 cm³/mol. The Bertz CT molecular complexity index is 402. The van der Waals surface area contributed by atoms with Crippen LogP contribution in [0, 0.1) is 0 Å². The molecule has 1 aromatic rings. The number of ether oxygens (including phenoxy) is 1. The van der Waals surface area contributed by atoms with E-state index in [1.807, 2.05) is 18.7 Å². The van der Waals surface area contributed by atoms with Gasteiger partial charge >= 0.3 is 0 Å². The van der Waals surface area contributed by atoms with Gasteiger partial charge in [0.15, 0.2) is 0 Å². The SMILES string of the molecule is CC(C)OCC(=O)N1CCN(c2ncccn2)CC1. The van der Waals surface area contributed by atoms with E-state index < -0.39 is 0 Å². The van der Waals surface area contributed by atoms with Gasteiger partial charge in [0.25, 0.3) is 0 Å². The second-order valence-electron chi connectivity index (χ2n) is 4.78. The Labute approximate surface area is 113 Å². The molecule has 1 aliphatic heterocycles. The maximum absolute atomic E-state index is 11.9. The molecular weight excluding hydrogens is 244 g/mol. The third kappa shape index (κ3) is 3.89. The number of amides is 1. The van der Waals surface area contributed by atoms with Gasteiger partial charge in [0.2, 0.25) is 11.9 Å². The minimum Gasteiger partial charge on any atom is -0.369 e. The van der Waals surface area contributed by atoms with Crippen molar-refractivity contribution < 1.29 is 9.53 Å². The fourth-order valence-electron chi connectivity index (χ4n) is 1.94. The van der Waals surface area contributed by atoms with Gasteiger partial charge in [-0.1, -0.05) is 0 Å². The maximum Gasteiger partial charge on any atom is 0.248 e. The monoisotopic (exact) mass is 264 g/mol. The van der Waals surface area contributed by atoms with Gasteiger partial charge < -0.3 is 14.5 Å². The standard InChI is InChI=1S/C13H20N4O2/c1-11(2)19-10-12(18)16-6-8-17(9-7-16)13-14-4-3-5-15-13/h3-5,11H,6-10H2,1-2H3. The van der Waals surface area contributed by atoms with E-state index in [2.05, 4.69) is 14.9 Å². The zero-order valence-corrected chi connectivity index (χ0v) is 11.5. The van der Waals surface area contributed by atoms with E-state index in [1.54, 1.807) is 18.5 Å². The summed E-state index contributed by atoms with van der Waals surface area (Å²) in [6.07, 6.45) is 3.55. The Morgan fingerprint density at radius 3 is 2.47 bits per heavy atom. The Balaban J connectivity index is 1.81. The van der Waals surface area contributed by atoms with E-state index in [0.717, 1.165) is 19.0 Å². The lowest BCUT2D eigenvalue weighted by molar-refractivity contribution is -0.137. The maximum atomic E-state index is 11.9. The molecule has 2 heterocycles. The number of rotatable bonds is 4. The molecule has 104 valence electrons. The molecule has 0 aromatic carbocycles. The van der Waals surface area contributed by atoms with Crippen molar-refractivity contribution in [2.45, 2.75) is 20.0 Å². The number of aromatic nitrogens is 2. The van der Waals surface area contributed by atoms with Crippen LogP contribution in [0.15, 0.2) is 18.5 Å². The van der Waals surface area contributed by atoms with Crippen molar-refractivity contribution in [2.24, 2.45) is 0 Å². The number of anilines is 1. The molecule has 0 spiro atoms. The second-order valence-corrected chi connectivity index (χ2v) is 4.78. The molecule has 1 saturated heterocycles. The summed E-state index contributed by atoms with van der Waals surface area (Å²) in [7, 11) is 0. The summed E-state index contributed by atoms with van der Waals surface area (Å²) < 4.78 is 5.34. The normalized spacial score (nSPS) is 15.9. The molecule has 2 rings (SSSR count). The summed E-state index contributed by atoms with van der Waals surface area (Å²) in [5.41, 5.74) is 0. The van der Waals surface area contributed by atoms with E-state index in [9.17, 15) is 4.79 Å². The van der Waals surface area contributed by atoms with E-state index in [4.69, 9.17) is 4.74 Å². The number of hydrogen-bond donors (Lipinski definition) is 0. The highest BCUT2D eigenvalue weighted by atomic mass is 16.5. The van der Waals surface area contributed by atoms with E-state index >= 15 is 0 Å². The number of piperazine rings is 1. The van der Waals surface area contributed by atoms with Crippen LogP contribution in [0.5, 0.6) is 0 Å². The number of hydrogen-bond acceptors (Lipinski definition) is 5. The van der Waals surface area contributed by atoms with Crippen LogP contribution < -0.4 is 4.90 Å². The first-order valence-electron chi connectivity index (χ1n) is 6.58. The zero-order chi connectivity index (χ0) is 13.7. The number of carbonyl (C=O) groups excluding carboxylic acids is 1. The van der Waals surface area contributed by atoms with Gasteiger partial charge in [0, 0.05) is 38.6 Å². The Kier molecular flexibility index (Phi) is 4.68. The molecule has 0 atom stereocenters. The van der Waals surface area contributed by atoms with Crippen LogP contribution >= 0.6 is 0 Å². The molecule has 0 aliphatic carbocycles. The molecule has 19 heavy (non-hydrogen) atoms. The first-order chi connectivity index (χ1) is 9.16. The van der Waals surface area contributed by atoms with Crippen LogP contribution in [0.4, 0.5) is 5.95 Å². The molecule has 1 amide bonds. The van der Waals surface area contributed by atoms with E-state index in [0.29, 0.717) is 13.1 Å². The smallest absolute Gasteiger partial charge is 0.248 e. The fraction of sp³-hybridized carbons (Fsp3) is 0.615. The van der Waals surface area contributed by atoms with E-state index in [-0.39, 0.29) is 18.6 Å². The van der Waals surface area contributed by atoms with Crippen molar-refractivity contribution in [3.05, 3.63) is 18.5 Å². The summed E-state index contributed by atoms with van der Waals surface area (Å²) in [5, 5.41) is 0. The summed E-state index contributed by atoms with van der Waals surface area (Å²) in [4.78, 5) is 24.3. The highest BCUT2D eigenvalue weighted by molar-refractivity contribution is 5.77. The first-order valence-corrected chi connectivity index (χ1v) is 6.58. The molecule has 1 fully saturated rings. The largest absolute Gasteiger partial charge is 0.369 e. The molecule has 6 nitrogen and oxygen atoms in total. The lowest BCUT2D eigenvalue weighted by Gasteiger charge is -2.34. The quantitative estimate of drug-likeness (QED) is 0.795. The van der Waals surface area contributed by atoms with Gasteiger partial charge in [0.1, 0.15) is 6.61 Å². The van der Waals surface area contributed by atoms with Crippen molar-refractivity contribution in [1.29, 1.82) is 0 Å². The third-order valence-electron chi connectivity index (χ3n) is 3.01. The number of carbonyl (C=O) groups is 1. The van der Waals surface area contributed by atoms with Gasteiger partial charge in [0.05, 0.1) is 6.10 Å². The molecule has 0 N–H and O–H groups in total. The predicted octanol–water partition coefficient (Wildman–Crippen LogP) is 0.550. The molecule has 0 saturated carbocycles. The Morgan fingerprint density at radius 2 is 1.89 bits per heavy atom. The second kappa shape index (κ2) is 6.47. The van der Waals surface area contributed by atoms with Crippen molar-refractivity contribution in [2.75, 3.05) is 37.7 Å². The van der Waals surface area contributed by atoms with Crippen LogP contribution in [0.2, 0.25) is 0 Å². The van der Waals surface area contributed by atoms with Crippen LogP contribution in [-0.4, -0.2) is 59.7 Å². The summed E-state index contributed by atoms with van der Waals surface area (Å²) in [6.45, 7) is 6.93. The summed E-state index contributed by atoms with van der Waals surface area (Å²) in [5.74, 6) is 0.787. The average Bonchev–Trinajstić information content (AvgIpc) is 2.46. The van der Waals surface area contributed by atoms with Gasteiger partial charge in [-0.3, -0.25) is 4.79 Å². The highest BCUT2D eigenvalue weighted by Crippen LogP contribution is 2.09. The van der Waals surface area contributed by atoms with Crippen LogP contribution in [0.1, 0.15) is 13.8 Å². The van der Waals surface area contributed by atoms with Gasteiger partial charge in [-0.2, -0.15) is 0 Å². The summed E-state index contributed by atoms with van der Waals surface area (Å²) >= 11 is 0. The molecular formula is C13H20N4O2.